The standard InChI is InChI=1S/C16H18F3NO3/c17-16(18,19)12-5-1-3-10(9-12)4-2-6-13(21)20-14(15(22)23)11-7-8-11/h1,3,5,9,11,14H,2,4,6-8H2,(H,20,21)(H,22,23). The van der Waals surface area contributed by atoms with E-state index < -0.39 is 23.8 Å². The third-order valence-corrected chi connectivity index (χ3v) is 3.80. The molecule has 1 aromatic rings. The number of carboxylic acids is 1. The maximum atomic E-state index is 12.6. The van der Waals surface area contributed by atoms with Crippen LogP contribution >= 0.6 is 0 Å². The number of hydrogen-bond acceptors (Lipinski definition) is 2. The highest BCUT2D eigenvalue weighted by atomic mass is 19.4. The molecule has 1 atom stereocenters. The first-order chi connectivity index (χ1) is 10.8. The first-order valence-electron chi connectivity index (χ1n) is 7.45. The van der Waals surface area contributed by atoms with Gasteiger partial charge in [0.2, 0.25) is 5.91 Å². The third-order valence-electron chi connectivity index (χ3n) is 3.80. The molecule has 1 unspecified atom stereocenters. The summed E-state index contributed by atoms with van der Waals surface area (Å²) in [4.78, 5) is 22.8. The monoisotopic (exact) mass is 329 g/mol. The molecule has 126 valence electrons. The zero-order valence-electron chi connectivity index (χ0n) is 12.4. The van der Waals surface area contributed by atoms with Crippen LogP contribution in [0, 0.1) is 5.92 Å². The molecular weight excluding hydrogens is 311 g/mol. The average Bonchev–Trinajstić information content (AvgIpc) is 3.28. The van der Waals surface area contributed by atoms with Crippen LogP contribution < -0.4 is 5.32 Å². The fraction of sp³-hybridized carbons (Fsp3) is 0.500. The summed E-state index contributed by atoms with van der Waals surface area (Å²) in [5.41, 5.74) is -0.205. The van der Waals surface area contributed by atoms with Crippen LogP contribution in [0.3, 0.4) is 0 Å². The second-order valence-corrected chi connectivity index (χ2v) is 5.77. The molecule has 1 amide bonds. The van der Waals surface area contributed by atoms with Gasteiger partial charge in [0.15, 0.2) is 0 Å². The molecule has 7 heteroatoms. The van der Waals surface area contributed by atoms with Gasteiger partial charge in [0.1, 0.15) is 6.04 Å². The summed E-state index contributed by atoms with van der Waals surface area (Å²) in [6.07, 6.45) is -2.01. The minimum atomic E-state index is -4.38. The van der Waals surface area contributed by atoms with Crippen molar-refractivity contribution in [2.24, 2.45) is 5.92 Å². The highest BCUT2D eigenvalue weighted by Crippen LogP contribution is 2.33. The normalized spacial score (nSPS) is 16.0. The summed E-state index contributed by atoms with van der Waals surface area (Å²) in [5, 5.41) is 11.5. The molecule has 1 saturated carbocycles. The Kier molecular flexibility index (Phi) is 5.28. The van der Waals surface area contributed by atoms with Gasteiger partial charge in [-0.2, -0.15) is 13.2 Å². The Bertz CT molecular complexity index is 582. The van der Waals surface area contributed by atoms with Crippen LogP contribution in [-0.2, 0) is 22.2 Å². The van der Waals surface area contributed by atoms with Gasteiger partial charge in [0.25, 0.3) is 0 Å². The molecule has 1 fully saturated rings. The number of alkyl halides is 3. The third kappa shape index (κ3) is 5.26. The number of carbonyl (C=O) groups is 2. The summed E-state index contributed by atoms with van der Waals surface area (Å²) in [6, 6.07) is 4.14. The van der Waals surface area contributed by atoms with Gasteiger partial charge < -0.3 is 10.4 Å². The maximum Gasteiger partial charge on any atom is 0.416 e. The molecule has 1 aliphatic rings. The molecule has 0 aliphatic heterocycles. The van der Waals surface area contributed by atoms with Crippen molar-refractivity contribution in [1.29, 1.82) is 0 Å². The first-order valence-corrected chi connectivity index (χ1v) is 7.45. The van der Waals surface area contributed by atoms with E-state index >= 15 is 0 Å². The highest BCUT2D eigenvalue weighted by molar-refractivity contribution is 5.84. The Hall–Kier alpha value is -2.05. The van der Waals surface area contributed by atoms with Crippen LogP contribution in [-0.4, -0.2) is 23.0 Å². The minimum absolute atomic E-state index is 0.0000767. The SMILES string of the molecule is O=C(CCCc1cccc(C(F)(F)F)c1)NC(C(=O)O)C1CC1. The fourth-order valence-electron chi connectivity index (χ4n) is 2.41. The highest BCUT2D eigenvalue weighted by Gasteiger charge is 2.37. The van der Waals surface area contributed by atoms with E-state index in [1.807, 2.05) is 0 Å². The number of benzene rings is 1. The van der Waals surface area contributed by atoms with Crippen LogP contribution in [0.25, 0.3) is 0 Å². The summed E-state index contributed by atoms with van der Waals surface area (Å²) < 4.78 is 37.8. The Morgan fingerprint density at radius 1 is 1.30 bits per heavy atom. The number of hydrogen-bond donors (Lipinski definition) is 2. The molecule has 0 saturated heterocycles. The lowest BCUT2D eigenvalue weighted by Gasteiger charge is -2.13. The molecule has 0 heterocycles. The molecule has 23 heavy (non-hydrogen) atoms. The van der Waals surface area contributed by atoms with Crippen LogP contribution in [0.5, 0.6) is 0 Å². The molecule has 1 aliphatic carbocycles. The van der Waals surface area contributed by atoms with E-state index in [-0.39, 0.29) is 18.2 Å². The lowest BCUT2D eigenvalue weighted by molar-refractivity contribution is -0.142. The molecule has 4 nitrogen and oxygen atoms in total. The second kappa shape index (κ2) is 7.02. The molecule has 0 radical (unpaired) electrons. The van der Waals surface area contributed by atoms with Gasteiger partial charge in [-0.1, -0.05) is 18.2 Å². The van der Waals surface area contributed by atoms with Crippen molar-refractivity contribution < 1.29 is 27.9 Å². The van der Waals surface area contributed by atoms with Crippen molar-refractivity contribution in [3.63, 3.8) is 0 Å². The smallest absolute Gasteiger partial charge is 0.416 e. The van der Waals surface area contributed by atoms with Gasteiger partial charge in [-0.05, 0) is 43.2 Å². The van der Waals surface area contributed by atoms with E-state index in [1.54, 1.807) is 6.07 Å². The lowest BCUT2D eigenvalue weighted by atomic mass is 10.0. The predicted octanol–water partition coefficient (Wildman–Crippen LogP) is 3.01. The number of halogens is 3. The van der Waals surface area contributed by atoms with Crippen molar-refractivity contribution >= 4 is 11.9 Å². The summed E-state index contributed by atoms with van der Waals surface area (Å²) >= 11 is 0. The number of carbonyl (C=O) groups excluding carboxylic acids is 1. The lowest BCUT2D eigenvalue weighted by Crippen LogP contribution is -2.42. The van der Waals surface area contributed by atoms with Crippen molar-refractivity contribution in [1.82, 2.24) is 5.32 Å². The average molecular weight is 329 g/mol. The van der Waals surface area contributed by atoms with E-state index in [4.69, 9.17) is 5.11 Å². The van der Waals surface area contributed by atoms with E-state index in [1.165, 1.54) is 6.07 Å². The number of amides is 1. The van der Waals surface area contributed by atoms with E-state index in [2.05, 4.69) is 5.32 Å². The molecule has 0 spiro atoms. The predicted molar refractivity (Wildman–Crippen MR) is 76.7 cm³/mol. The molecule has 2 N–H and O–H groups in total. The van der Waals surface area contributed by atoms with Crippen LogP contribution in [0.4, 0.5) is 13.2 Å². The number of aryl methyl sites for hydroxylation is 1. The molecular formula is C16H18F3NO3. The molecule has 2 rings (SSSR count). The van der Waals surface area contributed by atoms with Gasteiger partial charge in [-0.25, -0.2) is 4.79 Å². The number of rotatable bonds is 7. The Labute approximate surface area is 131 Å². The number of carboxylic acid groups (broad SMARTS) is 1. The number of nitrogens with one attached hydrogen (secondary N) is 1. The Morgan fingerprint density at radius 3 is 2.57 bits per heavy atom. The van der Waals surface area contributed by atoms with Crippen molar-refractivity contribution in [3.05, 3.63) is 35.4 Å². The van der Waals surface area contributed by atoms with Crippen LogP contribution in [0.15, 0.2) is 24.3 Å². The quantitative estimate of drug-likeness (QED) is 0.808. The van der Waals surface area contributed by atoms with Crippen molar-refractivity contribution in [2.45, 2.75) is 44.3 Å². The van der Waals surface area contributed by atoms with Gasteiger partial charge >= 0.3 is 12.1 Å². The topological polar surface area (TPSA) is 66.4 Å². The summed E-state index contributed by atoms with van der Waals surface area (Å²) in [5.74, 6) is -1.42. The van der Waals surface area contributed by atoms with E-state index in [0.29, 0.717) is 18.4 Å². The Balaban J connectivity index is 1.80. The summed E-state index contributed by atoms with van der Waals surface area (Å²) in [6.45, 7) is 0. The van der Waals surface area contributed by atoms with Crippen molar-refractivity contribution in [2.75, 3.05) is 0 Å². The van der Waals surface area contributed by atoms with Gasteiger partial charge in [0, 0.05) is 6.42 Å². The zero-order valence-corrected chi connectivity index (χ0v) is 12.4. The minimum Gasteiger partial charge on any atom is -0.480 e. The van der Waals surface area contributed by atoms with E-state index in [0.717, 1.165) is 25.0 Å². The second-order valence-electron chi connectivity index (χ2n) is 5.77. The van der Waals surface area contributed by atoms with E-state index in [9.17, 15) is 22.8 Å². The fourth-order valence-corrected chi connectivity index (χ4v) is 2.41. The van der Waals surface area contributed by atoms with Gasteiger partial charge in [0.05, 0.1) is 5.56 Å². The largest absolute Gasteiger partial charge is 0.480 e. The van der Waals surface area contributed by atoms with Crippen LogP contribution in [0.1, 0.15) is 36.8 Å². The molecule has 0 aromatic heterocycles. The summed E-state index contributed by atoms with van der Waals surface area (Å²) in [7, 11) is 0. The van der Waals surface area contributed by atoms with Crippen molar-refractivity contribution in [3.8, 4) is 0 Å². The maximum absolute atomic E-state index is 12.6. The molecule has 1 aromatic carbocycles. The number of aliphatic carboxylic acids is 1. The van der Waals surface area contributed by atoms with Gasteiger partial charge in [-0.3, -0.25) is 4.79 Å². The Morgan fingerprint density at radius 2 is 2.00 bits per heavy atom. The zero-order chi connectivity index (χ0) is 17.0. The first kappa shape index (κ1) is 17.3. The molecule has 0 bridgehead atoms. The van der Waals surface area contributed by atoms with Gasteiger partial charge in [-0.15, -0.1) is 0 Å². The van der Waals surface area contributed by atoms with Crippen LogP contribution in [0.2, 0.25) is 0 Å².